The summed E-state index contributed by atoms with van der Waals surface area (Å²) in [5.74, 6) is 1.93. The number of rotatable bonds is 9. The molecule has 33 heavy (non-hydrogen) atoms. The third-order valence-electron chi connectivity index (χ3n) is 7.54. The molecule has 7 heteroatoms. The molecular weight excluding hydrogens is 416 g/mol. The molecule has 1 amide bonds. The van der Waals surface area contributed by atoms with Gasteiger partial charge < -0.3 is 20.5 Å². The molecule has 1 heterocycles. The lowest BCUT2D eigenvalue weighted by Gasteiger charge is -2.59. The maximum absolute atomic E-state index is 13.4. The van der Waals surface area contributed by atoms with E-state index in [1.807, 2.05) is 46.9 Å². The molecule has 5 rings (SSSR count). The van der Waals surface area contributed by atoms with Gasteiger partial charge in [-0.2, -0.15) is 5.10 Å². The highest BCUT2D eigenvalue weighted by molar-refractivity contribution is 5.96. The van der Waals surface area contributed by atoms with Gasteiger partial charge >= 0.3 is 0 Å². The van der Waals surface area contributed by atoms with Crippen molar-refractivity contribution in [3.63, 3.8) is 0 Å². The van der Waals surface area contributed by atoms with Crippen molar-refractivity contribution >= 4 is 12.1 Å². The molecule has 3 N–H and O–H groups in total. The first-order chi connectivity index (χ1) is 15.5. The van der Waals surface area contributed by atoms with Gasteiger partial charge in [0.2, 0.25) is 5.88 Å². The van der Waals surface area contributed by atoms with E-state index in [4.69, 9.17) is 4.74 Å². The van der Waals surface area contributed by atoms with E-state index in [1.54, 1.807) is 10.9 Å². The second-order valence-corrected chi connectivity index (χ2v) is 11.5. The minimum absolute atomic E-state index is 0.0873. The largest absolute Gasteiger partial charge is 0.474 e. The minimum atomic E-state index is -0.321. The quantitative estimate of drug-likeness (QED) is 0.523. The van der Waals surface area contributed by atoms with E-state index in [2.05, 4.69) is 22.3 Å². The zero-order valence-corrected chi connectivity index (χ0v) is 20.7. The van der Waals surface area contributed by atoms with Crippen LogP contribution in [-0.2, 0) is 0 Å². The van der Waals surface area contributed by atoms with E-state index < -0.39 is 0 Å². The molecule has 1 aromatic rings. The lowest BCUT2D eigenvalue weighted by atomic mass is 9.48. The van der Waals surface area contributed by atoms with Gasteiger partial charge in [0.1, 0.15) is 5.56 Å². The Kier molecular flexibility index (Phi) is 6.38. The fourth-order valence-corrected chi connectivity index (χ4v) is 6.65. The highest BCUT2D eigenvalue weighted by Crippen LogP contribution is 2.59. The number of ether oxygens (including phenoxy) is 1. The predicted molar refractivity (Wildman–Crippen MR) is 130 cm³/mol. The van der Waals surface area contributed by atoms with Crippen LogP contribution in [-0.4, -0.2) is 45.1 Å². The Morgan fingerprint density at radius 1 is 1.36 bits per heavy atom. The number of nitrogens with zero attached hydrogens (tertiary/aromatic N) is 2. The van der Waals surface area contributed by atoms with E-state index >= 15 is 0 Å². The molecule has 2 unspecified atom stereocenters. The monoisotopic (exact) mass is 456 g/mol. The number of aromatic nitrogens is 2. The maximum atomic E-state index is 13.4. The van der Waals surface area contributed by atoms with Crippen LogP contribution in [0.5, 0.6) is 5.88 Å². The molecule has 2 atom stereocenters. The Bertz CT molecular complexity index is 916. The molecule has 4 bridgehead atoms. The van der Waals surface area contributed by atoms with Crippen molar-refractivity contribution in [2.24, 2.45) is 23.2 Å². The predicted octanol–water partition coefficient (Wildman–Crippen LogP) is 3.96. The summed E-state index contributed by atoms with van der Waals surface area (Å²) in [6.45, 7) is 14.1. The van der Waals surface area contributed by atoms with E-state index in [1.165, 1.54) is 0 Å². The molecule has 4 saturated carbocycles. The molecule has 4 fully saturated rings. The van der Waals surface area contributed by atoms with Crippen LogP contribution in [0.2, 0.25) is 0 Å². The lowest BCUT2D eigenvalue weighted by Crippen LogP contribution is -2.60. The molecule has 7 nitrogen and oxygen atoms in total. The highest BCUT2D eigenvalue weighted by Gasteiger charge is 2.55. The Labute approximate surface area is 197 Å². The lowest BCUT2D eigenvalue weighted by molar-refractivity contribution is -0.0969. The second kappa shape index (κ2) is 8.82. The van der Waals surface area contributed by atoms with Crippen molar-refractivity contribution < 1.29 is 14.6 Å². The van der Waals surface area contributed by atoms with Gasteiger partial charge in [-0.05, 0) is 96.0 Å². The summed E-state index contributed by atoms with van der Waals surface area (Å²) in [4.78, 5) is 13.4. The first-order valence-corrected chi connectivity index (χ1v) is 12.3. The fraction of sp³-hybridized carbons (Fsp3) is 0.692. The van der Waals surface area contributed by atoms with Crippen molar-refractivity contribution in [3.05, 3.63) is 30.1 Å². The summed E-state index contributed by atoms with van der Waals surface area (Å²) in [6.07, 6.45) is 10.8. The van der Waals surface area contributed by atoms with Crippen LogP contribution in [0.25, 0.3) is 6.20 Å². The van der Waals surface area contributed by atoms with Crippen LogP contribution in [0.15, 0.2) is 24.5 Å². The second-order valence-electron chi connectivity index (χ2n) is 11.5. The van der Waals surface area contributed by atoms with Crippen LogP contribution in [0.1, 0.15) is 77.1 Å². The number of carbonyl (C=O) groups is 1. The first-order valence-electron chi connectivity index (χ1n) is 12.3. The van der Waals surface area contributed by atoms with Crippen molar-refractivity contribution in [2.45, 2.75) is 84.4 Å². The smallest absolute Gasteiger partial charge is 0.258 e. The van der Waals surface area contributed by atoms with E-state index in [0.29, 0.717) is 29.2 Å². The molecule has 0 spiro atoms. The maximum Gasteiger partial charge on any atom is 0.258 e. The van der Waals surface area contributed by atoms with Crippen LogP contribution in [0, 0.1) is 23.2 Å². The first kappa shape index (κ1) is 23.9. The topological polar surface area (TPSA) is 88.4 Å². The van der Waals surface area contributed by atoms with Crippen molar-refractivity contribution in [3.8, 4) is 5.88 Å². The molecule has 4 aliphatic rings. The zero-order chi connectivity index (χ0) is 24.0. The molecule has 182 valence electrons. The summed E-state index contributed by atoms with van der Waals surface area (Å²) in [6, 6.07) is 0.165. The molecule has 4 aliphatic carbocycles. The molecule has 0 aromatic carbocycles. The third kappa shape index (κ3) is 4.98. The minimum Gasteiger partial charge on any atom is -0.474 e. The molecule has 0 radical (unpaired) electrons. The third-order valence-corrected chi connectivity index (χ3v) is 7.54. The van der Waals surface area contributed by atoms with E-state index in [9.17, 15) is 9.90 Å². The average molecular weight is 457 g/mol. The van der Waals surface area contributed by atoms with E-state index in [0.717, 1.165) is 37.8 Å². The molecule has 0 aliphatic heterocycles. The van der Waals surface area contributed by atoms with Gasteiger partial charge in [-0.15, -0.1) is 0 Å². The number of carbonyl (C=O) groups excluding carboxylic acids is 1. The molecular formula is C26H40N4O3. The molecule has 1 aromatic heterocycles. The van der Waals surface area contributed by atoms with E-state index in [-0.39, 0.29) is 35.6 Å². The van der Waals surface area contributed by atoms with Crippen LogP contribution in [0.3, 0.4) is 0 Å². The van der Waals surface area contributed by atoms with Gasteiger partial charge in [0.25, 0.3) is 5.91 Å². The van der Waals surface area contributed by atoms with Gasteiger partial charge in [-0.1, -0.05) is 6.58 Å². The van der Waals surface area contributed by atoms with Gasteiger partial charge in [-0.3, -0.25) is 4.79 Å². The number of hydrogen-bond donors (Lipinski definition) is 3. The van der Waals surface area contributed by atoms with Gasteiger partial charge in [-0.25, -0.2) is 4.68 Å². The number of nitrogens with one attached hydrogen (secondary N) is 2. The highest BCUT2D eigenvalue weighted by atomic mass is 16.5. The van der Waals surface area contributed by atoms with Crippen LogP contribution < -0.4 is 15.4 Å². The number of hydrogen-bond acceptors (Lipinski definition) is 5. The van der Waals surface area contributed by atoms with Gasteiger partial charge in [0, 0.05) is 24.5 Å². The zero-order valence-electron chi connectivity index (χ0n) is 20.7. The fourth-order valence-electron chi connectivity index (χ4n) is 6.65. The summed E-state index contributed by atoms with van der Waals surface area (Å²) >= 11 is 0. The van der Waals surface area contributed by atoms with Gasteiger partial charge in [0.15, 0.2) is 0 Å². The van der Waals surface area contributed by atoms with Crippen LogP contribution >= 0.6 is 0 Å². The normalized spacial score (nSPS) is 30.8. The number of allylic oxidation sites excluding steroid dienone is 1. The van der Waals surface area contributed by atoms with Gasteiger partial charge in [0.05, 0.1) is 17.8 Å². The van der Waals surface area contributed by atoms with Crippen molar-refractivity contribution in [2.75, 3.05) is 6.61 Å². The number of amides is 1. The SMILES string of the molecule is C=C(C)NC(C)(C)/C=C/n1ncc(C(=O)NC2C3CC4CC2CC(CO)(C4)C3)c1OC(C)C. The summed E-state index contributed by atoms with van der Waals surface area (Å²) < 4.78 is 7.68. The van der Waals surface area contributed by atoms with Crippen LogP contribution in [0.4, 0.5) is 0 Å². The Hall–Kier alpha value is -2.28. The Morgan fingerprint density at radius 2 is 2.03 bits per heavy atom. The van der Waals surface area contributed by atoms with Crippen molar-refractivity contribution in [1.82, 2.24) is 20.4 Å². The standard InChI is InChI=1S/C26H40N4O3/c1-16(2)29-25(5,6)7-8-30-24(33-17(3)4)21(14-27-30)23(32)28-22-19-9-18-10-20(22)13-26(11-18,12-19)15-31/h7-8,14,17-20,22,29,31H,1,9-13,15H2,2-6H3,(H,28,32)/b8-7+. The Balaban J connectivity index is 1.53. The van der Waals surface area contributed by atoms with Crippen molar-refractivity contribution in [1.29, 1.82) is 0 Å². The summed E-state index contributed by atoms with van der Waals surface area (Å²) in [7, 11) is 0. The number of aliphatic hydroxyl groups is 1. The Morgan fingerprint density at radius 3 is 2.61 bits per heavy atom. The number of aliphatic hydroxyl groups excluding tert-OH is 1. The average Bonchev–Trinajstić information content (AvgIpc) is 3.09. The summed E-state index contributed by atoms with van der Waals surface area (Å²) in [5.41, 5.74) is 1.11. The summed E-state index contributed by atoms with van der Waals surface area (Å²) in [5, 5.41) is 21.1. The molecule has 0 saturated heterocycles.